The maximum absolute atomic E-state index is 15.8. The van der Waals surface area contributed by atoms with Gasteiger partial charge in [-0.15, -0.1) is 0 Å². The molecular weight excluding hydrogens is 861 g/mol. The molecule has 17 nitrogen and oxygen atoms in total. The lowest BCUT2D eigenvalue weighted by molar-refractivity contribution is -0.120. The molecule has 3 amide bonds. The zero-order valence-corrected chi connectivity index (χ0v) is 36.9. The first-order valence-corrected chi connectivity index (χ1v) is 23.5. The van der Waals surface area contributed by atoms with E-state index in [2.05, 4.69) is 29.9 Å². The van der Waals surface area contributed by atoms with Crippen molar-refractivity contribution in [2.24, 2.45) is 12.5 Å². The third-order valence-corrected chi connectivity index (χ3v) is 15.6. The van der Waals surface area contributed by atoms with Gasteiger partial charge in [-0.3, -0.25) is 29.4 Å². The van der Waals surface area contributed by atoms with E-state index in [-0.39, 0.29) is 72.2 Å². The topological polar surface area (TPSA) is 191 Å². The van der Waals surface area contributed by atoms with Crippen LogP contribution in [0.15, 0.2) is 48.7 Å². The summed E-state index contributed by atoms with van der Waals surface area (Å²) in [5, 5.41) is 17.4. The lowest BCUT2D eigenvalue weighted by Crippen LogP contribution is -2.52. The molecule has 5 aromatic rings. The number of halogens is 2. The summed E-state index contributed by atoms with van der Waals surface area (Å²) in [6.45, 7) is 4.06. The van der Waals surface area contributed by atoms with Gasteiger partial charge >= 0.3 is 16.2 Å². The zero-order valence-electron chi connectivity index (χ0n) is 36.1. The van der Waals surface area contributed by atoms with Crippen molar-refractivity contribution in [2.45, 2.75) is 69.4 Å². The van der Waals surface area contributed by atoms with Gasteiger partial charge in [-0.2, -0.15) is 23.1 Å². The van der Waals surface area contributed by atoms with Crippen LogP contribution in [0.25, 0.3) is 21.9 Å². The van der Waals surface area contributed by atoms with E-state index in [1.165, 1.54) is 28.4 Å². The van der Waals surface area contributed by atoms with E-state index in [0.717, 1.165) is 76.5 Å². The molecule has 65 heavy (non-hydrogen) atoms. The highest BCUT2D eigenvalue weighted by molar-refractivity contribution is 7.90. The molecule has 0 radical (unpaired) electrons. The molecule has 6 heterocycles. The van der Waals surface area contributed by atoms with Crippen molar-refractivity contribution in [3.05, 3.63) is 71.6 Å². The summed E-state index contributed by atoms with van der Waals surface area (Å²) in [5.74, 6) is -1.11. The maximum atomic E-state index is 15.8. The van der Waals surface area contributed by atoms with Gasteiger partial charge in [-0.05, 0) is 99.8 Å². The Balaban J connectivity index is 0.746. The predicted molar refractivity (Wildman–Crippen MR) is 237 cm³/mol. The number of hydrogen-bond donors (Lipinski definition) is 2. The van der Waals surface area contributed by atoms with Crippen molar-refractivity contribution in [3.8, 4) is 17.6 Å². The quantitative estimate of drug-likeness (QED) is 0.169. The van der Waals surface area contributed by atoms with E-state index in [1.54, 1.807) is 29.9 Å². The highest BCUT2D eigenvalue weighted by Crippen LogP contribution is 2.56. The number of carbonyl (C=O) groups is 2. The maximum Gasteiger partial charge on any atom is 0.329 e. The van der Waals surface area contributed by atoms with Gasteiger partial charge in [-0.1, -0.05) is 0 Å². The Labute approximate surface area is 374 Å². The van der Waals surface area contributed by atoms with Crippen LogP contribution in [0.1, 0.15) is 68.5 Å². The summed E-state index contributed by atoms with van der Waals surface area (Å²) in [6, 6.07) is 12.3. The van der Waals surface area contributed by atoms with Crippen molar-refractivity contribution in [1.29, 1.82) is 5.26 Å². The van der Waals surface area contributed by atoms with Crippen LogP contribution in [0.5, 0.6) is 11.5 Å². The van der Waals surface area contributed by atoms with Crippen molar-refractivity contribution < 1.29 is 36.3 Å². The molecule has 1 saturated carbocycles. The average molecular weight is 910 g/mol. The number of anilines is 3. The highest BCUT2D eigenvalue weighted by atomic mass is 32.2. The zero-order chi connectivity index (χ0) is 45.2. The fourth-order valence-corrected chi connectivity index (χ4v) is 11.7. The number of fused-ring (bicyclic) bond motifs is 2. The number of imide groups is 1. The second-order valence-electron chi connectivity index (χ2n) is 18.0. The number of aryl methyl sites for hydroxylation is 1. The molecule has 2 N–H and O–H groups in total. The number of nitrogens with zero attached hydrogens (tertiary/aromatic N) is 9. The van der Waals surface area contributed by atoms with Gasteiger partial charge in [0.1, 0.15) is 23.2 Å². The molecule has 5 aliphatic rings. The molecule has 10 rings (SSSR count). The normalized spacial score (nSPS) is 21.2. The van der Waals surface area contributed by atoms with E-state index < -0.39 is 27.8 Å². The standard InChI is InChI=1S/C45H49F2N11O6S/c1-54-39-21-40(34(47)20-31(39)43(52-54)58-16-10-41(59)51-44(58)60)56-13-7-28(8-14-56)55-17-11-45(12-18-55)22-27(23-45)38-25-49-36-5-3-29(19-37(36)50-38)64-42-32(24-48)35(6-4-33(42)46)53-65(61,62)57-15-9-30(26-57)63-2/h3-6,19-21,25,27-28,30,53H,7-18,22-23,26H2,1-2H3,(H,51,59,60)/t30-/m0/s1. The third-order valence-electron chi connectivity index (χ3n) is 14.2. The minimum Gasteiger partial charge on any atom is -0.453 e. The number of likely N-dealkylation sites (tertiary alicyclic amines) is 1. The Morgan fingerprint density at radius 3 is 2.46 bits per heavy atom. The van der Waals surface area contributed by atoms with Crippen LogP contribution >= 0.6 is 0 Å². The minimum atomic E-state index is -4.05. The molecule has 5 fully saturated rings. The number of urea groups is 1. The molecule has 20 heteroatoms. The Kier molecular flexibility index (Phi) is 11.1. The molecule has 1 aliphatic carbocycles. The number of nitriles is 1. The number of aromatic nitrogens is 4. The van der Waals surface area contributed by atoms with Crippen molar-refractivity contribution in [2.75, 3.05) is 67.4 Å². The van der Waals surface area contributed by atoms with Crippen molar-refractivity contribution >= 4 is 61.3 Å². The number of amides is 3. The first-order chi connectivity index (χ1) is 31.3. The van der Waals surface area contributed by atoms with Gasteiger partial charge in [0.2, 0.25) is 5.91 Å². The lowest BCUT2D eigenvalue weighted by Gasteiger charge is -2.53. The molecule has 4 aliphatic heterocycles. The molecule has 2 aromatic heterocycles. The highest BCUT2D eigenvalue weighted by Gasteiger charge is 2.47. The molecular formula is C45H49F2N11O6S. The van der Waals surface area contributed by atoms with E-state index in [1.807, 2.05) is 18.3 Å². The van der Waals surface area contributed by atoms with Crippen LogP contribution in [0.2, 0.25) is 0 Å². The summed E-state index contributed by atoms with van der Waals surface area (Å²) < 4.78 is 73.8. The Hall–Kier alpha value is -6.01. The second-order valence-corrected chi connectivity index (χ2v) is 19.6. The molecule has 1 spiro atoms. The Bertz CT molecular complexity index is 2870. The smallest absolute Gasteiger partial charge is 0.329 e. The molecule has 0 unspecified atom stereocenters. The van der Waals surface area contributed by atoms with Crippen molar-refractivity contribution in [1.82, 2.24) is 34.3 Å². The van der Waals surface area contributed by atoms with Gasteiger partial charge in [-0.25, -0.2) is 18.6 Å². The summed E-state index contributed by atoms with van der Waals surface area (Å²) in [7, 11) is -0.751. The van der Waals surface area contributed by atoms with Crippen LogP contribution in [-0.2, 0) is 26.8 Å². The first-order valence-electron chi connectivity index (χ1n) is 22.0. The Morgan fingerprint density at radius 1 is 0.954 bits per heavy atom. The molecule has 0 bridgehead atoms. The number of ether oxygens (including phenoxy) is 2. The molecule has 1 atom stereocenters. The summed E-state index contributed by atoms with van der Waals surface area (Å²) >= 11 is 0. The van der Waals surface area contributed by atoms with E-state index in [4.69, 9.17) is 14.5 Å². The fraction of sp³-hybridized carbons (Fsp3) is 0.467. The molecule has 340 valence electrons. The van der Waals surface area contributed by atoms with Crippen LogP contribution in [-0.4, -0.2) is 114 Å². The van der Waals surface area contributed by atoms with Crippen LogP contribution < -0.4 is 24.6 Å². The largest absolute Gasteiger partial charge is 0.453 e. The lowest BCUT2D eigenvalue weighted by atomic mass is 9.56. The minimum absolute atomic E-state index is 0.0981. The summed E-state index contributed by atoms with van der Waals surface area (Å²) in [6.07, 6.45) is 8.33. The number of hydrogen-bond acceptors (Lipinski definition) is 12. The first kappa shape index (κ1) is 42.9. The van der Waals surface area contributed by atoms with E-state index >= 15 is 8.78 Å². The predicted octanol–water partition coefficient (Wildman–Crippen LogP) is 5.91. The fourth-order valence-electron chi connectivity index (χ4n) is 10.4. The molecule has 3 aromatic carbocycles. The van der Waals surface area contributed by atoms with E-state index in [0.29, 0.717) is 45.9 Å². The van der Waals surface area contributed by atoms with Gasteiger partial charge in [0.25, 0.3) is 0 Å². The number of nitrogens with one attached hydrogen (secondary N) is 2. The SMILES string of the molecule is CO[C@H]1CCN(S(=O)(=O)Nc2ccc(F)c(Oc3ccc4ncc(C5CC6(CCN(C7CCN(c8cc9c(cc8F)c(N8CCC(=O)NC8=O)nn9C)CC7)CC6)C5)nc4c3)c2C#N)C1. The molecule has 4 saturated heterocycles. The summed E-state index contributed by atoms with van der Waals surface area (Å²) in [4.78, 5) is 39.9. The summed E-state index contributed by atoms with van der Waals surface area (Å²) in [5.41, 5.74) is 3.18. The van der Waals surface area contributed by atoms with E-state index in [9.17, 15) is 23.3 Å². The van der Waals surface area contributed by atoms with Crippen molar-refractivity contribution in [3.63, 3.8) is 0 Å². The number of methoxy groups -OCH3 is 1. The third kappa shape index (κ3) is 8.08. The van der Waals surface area contributed by atoms with Crippen LogP contribution in [0.4, 0.5) is 30.8 Å². The van der Waals surface area contributed by atoms with Gasteiger partial charge in [0.15, 0.2) is 17.4 Å². The van der Waals surface area contributed by atoms with Gasteiger partial charge in [0, 0.05) is 82.9 Å². The number of carbonyl (C=O) groups excluding carboxylic acids is 2. The Morgan fingerprint density at radius 2 is 1.74 bits per heavy atom. The number of rotatable bonds is 10. The van der Waals surface area contributed by atoms with Gasteiger partial charge in [0.05, 0.1) is 39.7 Å². The van der Waals surface area contributed by atoms with Gasteiger partial charge < -0.3 is 19.3 Å². The monoisotopic (exact) mass is 909 g/mol. The number of benzene rings is 3. The average Bonchev–Trinajstić information content (AvgIpc) is 3.91. The number of piperidine rings is 2. The van der Waals surface area contributed by atoms with Crippen LogP contribution in [0, 0.1) is 28.4 Å². The second kappa shape index (κ2) is 16.8. The van der Waals surface area contributed by atoms with Crippen LogP contribution in [0.3, 0.4) is 0 Å².